The highest BCUT2D eigenvalue weighted by Crippen LogP contribution is 2.23. The number of nitrogens with zero attached hydrogens (tertiary/aromatic N) is 6. The summed E-state index contributed by atoms with van der Waals surface area (Å²) in [5.41, 5.74) is 1.50. The Kier molecular flexibility index (Phi) is 4.70. The van der Waals surface area contributed by atoms with E-state index in [1.54, 1.807) is 28.2 Å². The zero-order valence-corrected chi connectivity index (χ0v) is 14.8. The Morgan fingerprint density at radius 3 is 2.92 bits per heavy atom. The van der Waals surface area contributed by atoms with Crippen LogP contribution in [0.25, 0.3) is 0 Å². The molecule has 4 heterocycles. The number of aryl methyl sites for hydroxylation is 1. The standard InChI is InChI=1S/C17H23N7O2/c1-22-11-13(10-19-22)20-17(25)24-8-9-26-15(12-24)14-4-5-18-16(21-14)23-6-2-3-7-23/h4-5,10-11,15H,2-3,6-9,12H2,1H3,(H,20,25). The first-order valence-corrected chi connectivity index (χ1v) is 8.93. The average molecular weight is 357 g/mol. The number of nitrogens with one attached hydrogen (secondary N) is 1. The fourth-order valence-corrected chi connectivity index (χ4v) is 3.31. The Labute approximate surface area is 152 Å². The summed E-state index contributed by atoms with van der Waals surface area (Å²) in [5.74, 6) is 0.750. The van der Waals surface area contributed by atoms with Crippen LogP contribution in [0, 0.1) is 0 Å². The maximum atomic E-state index is 12.5. The van der Waals surface area contributed by atoms with Crippen molar-refractivity contribution in [2.45, 2.75) is 18.9 Å². The van der Waals surface area contributed by atoms with Crippen LogP contribution in [0.15, 0.2) is 24.7 Å². The van der Waals surface area contributed by atoms with Gasteiger partial charge in [0.15, 0.2) is 0 Å². The van der Waals surface area contributed by atoms with E-state index in [4.69, 9.17) is 4.74 Å². The number of aromatic nitrogens is 4. The average Bonchev–Trinajstić information content (AvgIpc) is 3.34. The molecule has 0 bridgehead atoms. The lowest BCUT2D eigenvalue weighted by Gasteiger charge is -2.32. The summed E-state index contributed by atoms with van der Waals surface area (Å²) in [7, 11) is 1.81. The number of amides is 2. The minimum absolute atomic E-state index is 0.153. The first-order chi connectivity index (χ1) is 12.7. The lowest BCUT2D eigenvalue weighted by molar-refractivity contribution is -0.0157. The van der Waals surface area contributed by atoms with Gasteiger partial charge in [0.05, 0.1) is 30.7 Å². The van der Waals surface area contributed by atoms with Gasteiger partial charge in [0, 0.05) is 39.1 Å². The quantitative estimate of drug-likeness (QED) is 0.894. The fourth-order valence-electron chi connectivity index (χ4n) is 3.31. The molecule has 0 spiro atoms. The molecule has 2 aliphatic rings. The van der Waals surface area contributed by atoms with Crippen LogP contribution in [-0.2, 0) is 11.8 Å². The summed E-state index contributed by atoms with van der Waals surface area (Å²) < 4.78 is 7.52. The predicted octanol–water partition coefficient (Wildman–Crippen LogP) is 1.42. The topological polar surface area (TPSA) is 88.4 Å². The van der Waals surface area contributed by atoms with Crippen LogP contribution in [0.4, 0.5) is 16.4 Å². The zero-order chi connectivity index (χ0) is 17.9. The zero-order valence-electron chi connectivity index (χ0n) is 14.8. The van der Waals surface area contributed by atoms with Crippen LogP contribution in [0.3, 0.4) is 0 Å². The molecule has 4 rings (SSSR count). The molecule has 2 fully saturated rings. The molecule has 1 unspecified atom stereocenters. The van der Waals surface area contributed by atoms with Crippen molar-refractivity contribution in [3.63, 3.8) is 0 Å². The third-order valence-corrected chi connectivity index (χ3v) is 4.69. The summed E-state index contributed by atoms with van der Waals surface area (Å²) in [5, 5.41) is 6.93. The van der Waals surface area contributed by atoms with E-state index < -0.39 is 0 Å². The summed E-state index contributed by atoms with van der Waals surface area (Å²) in [6.07, 6.45) is 7.28. The van der Waals surface area contributed by atoms with Gasteiger partial charge in [-0.05, 0) is 18.9 Å². The van der Waals surface area contributed by atoms with Crippen molar-refractivity contribution in [1.82, 2.24) is 24.6 Å². The van der Waals surface area contributed by atoms with Gasteiger partial charge in [-0.2, -0.15) is 5.10 Å². The van der Waals surface area contributed by atoms with E-state index in [0.29, 0.717) is 25.4 Å². The van der Waals surface area contributed by atoms with Gasteiger partial charge in [0.25, 0.3) is 0 Å². The third kappa shape index (κ3) is 3.62. The number of carbonyl (C=O) groups is 1. The number of morpholine rings is 1. The van der Waals surface area contributed by atoms with E-state index >= 15 is 0 Å². The first-order valence-electron chi connectivity index (χ1n) is 8.93. The van der Waals surface area contributed by atoms with E-state index in [-0.39, 0.29) is 12.1 Å². The normalized spacial score (nSPS) is 20.4. The second kappa shape index (κ2) is 7.28. The summed E-state index contributed by atoms with van der Waals surface area (Å²) in [6, 6.07) is 1.72. The molecule has 1 atom stereocenters. The highest BCUT2D eigenvalue weighted by molar-refractivity contribution is 5.89. The summed E-state index contributed by atoms with van der Waals surface area (Å²) in [4.78, 5) is 25.5. The second-order valence-electron chi connectivity index (χ2n) is 6.61. The van der Waals surface area contributed by atoms with E-state index in [1.807, 2.05) is 13.1 Å². The third-order valence-electron chi connectivity index (χ3n) is 4.69. The summed E-state index contributed by atoms with van der Waals surface area (Å²) >= 11 is 0. The monoisotopic (exact) mass is 357 g/mol. The van der Waals surface area contributed by atoms with E-state index in [0.717, 1.165) is 24.7 Å². The highest BCUT2D eigenvalue weighted by atomic mass is 16.5. The largest absolute Gasteiger partial charge is 0.368 e. The van der Waals surface area contributed by atoms with Gasteiger partial charge in [-0.25, -0.2) is 14.8 Å². The molecule has 138 valence electrons. The maximum absolute atomic E-state index is 12.5. The number of hydrogen-bond acceptors (Lipinski definition) is 6. The number of urea groups is 1. The maximum Gasteiger partial charge on any atom is 0.322 e. The van der Waals surface area contributed by atoms with Crippen molar-refractivity contribution in [3.05, 3.63) is 30.4 Å². The molecule has 2 aromatic rings. The number of carbonyl (C=O) groups excluding carboxylic acids is 1. The van der Waals surface area contributed by atoms with Crippen LogP contribution in [0.2, 0.25) is 0 Å². The van der Waals surface area contributed by atoms with Crippen LogP contribution in [0.5, 0.6) is 0 Å². The van der Waals surface area contributed by atoms with Crippen LogP contribution in [0.1, 0.15) is 24.6 Å². The number of rotatable bonds is 3. The molecule has 0 aromatic carbocycles. The van der Waals surface area contributed by atoms with Crippen molar-refractivity contribution in [2.75, 3.05) is 43.0 Å². The smallest absolute Gasteiger partial charge is 0.322 e. The molecule has 9 nitrogen and oxygen atoms in total. The fraction of sp³-hybridized carbons (Fsp3) is 0.529. The molecule has 1 N–H and O–H groups in total. The SMILES string of the molecule is Cn1cc(NC(=O)N2CCOC(c3ccnc(N4CCCC4)n3)C2)cn1. The predicted molar refractivity (Wildman–Crippen MR) is 96.0 cm³/mol. The molecular weight excluding hydrogens is 334 g/mol. The van der Waals surface area contributed by atoms with Gasteiger partial charge >= 0.3 is 6.03 Å². The number of anilines is 2. The van der Waals surface area contributed by atoms with Gasteiger partial charge < -0.3 is 19.9 Å². The Bertz CT molecular complexity index is 772. The van der Waals surface area contributed by atoms with Crippen LogP contribution < -0.4 is 10.2 Å². The van der Waals surface area contributed by atoms with Crippen molar-refractivity contribution in [1.29, 1.82) is 0 Å². The Balaban J connectivity index is 1.43. The van der Waals surface area contributed by atoms with Crippen molar-refractivity contribution < 1.29 is 9.53 Å². The molecule has 26 heavy (non-hydrogen) atoms. The van der Waals surface area contributed by atoms with Crippen LogP contribution in [-0.4, -0.2) is 63.5 Å². The molecule has 2 aliphatic heterocycles. The highest BCUT2D eigenvalue weighted by Gasteiger charge is 2.27. The molecule has 2 aromatic heterocycles. The lowest BCUT2D eigenvalue weighted by Crippen LogP contribution is -2.44. The Hall–Kier alpha value is -2.68. The minimum Gasteiger partial charge on any atom is -0.368 e. The molecule has 2 saturated heterocycles. The van der Waals surface area contributed by atoms with Crippen LogP contribution >= 0.6 is 0 Å². The van der Waals surface area contributed by atoms with E-state index in [9.17, 15) is 4.79 Å². The van der Waals surface area contributed by atoms with Crippen molar-refractivity contribution in [3.8, 4) is 0 Å². The lowest BCUT2D eigenvalue weighted by atomic mass is 10.2. The summed E-state index contributed by atoms with van der Waals surface area (Å²) in [6.45, 7) is 3.48. The second-order valence-corrected chi connectivity index (χ2v) is 6.61. The van der Waals surface area contributed by atoms with Gasteiger partial charge in [-0.15, -0.1) is 0 Å². The molecule has 0 saturated carbocycles. The number of ether oxygens (including phenoxy) is 1. The number of hydrogen-bond donors (Lipinski definition) is 1. The van der Waals surface area contributed by atoms with Gasteiger partial charge in [0.2, 0.25) is 5.95 Å². The minimum atomic E-state index is -0.243. The van der Waals surface area contributed by atoms with E-state index in [1.165, 1.54) is 12.8 Å². The van der Waals surface area contributed by atoms with Gasteiger partial charge in [-0.3, -0.25) is 4.68 Å². The molecule has 0 radical (unpaired) electrons. The van der Waals surface area contributed by atoms with Gasteiger partial charge in [0.1, 0.15) is 6.10 Å². The first kappa shape index (κ1) is 16.8. The van der Waals surface area contributed by atoms with Gasteiger partial charge in [-0.1, -0.05) is 0 Å². The molecule has 0 aliphatic carbocycles. The van der Waals surface area contributed by atoms with Crippen molar-refractivity contribution >= 4 is 17.7 Å². The molecule has 2 amide bonds. The molecule has 9 heteroatoms. The van der Waals surface area contributed by atoms with Crippen molar-refractivity contribution in [2.24, 2.45) is 7.05 Å². The molecular formula is C17H23N7O2. The Morgan fingerprint density at radius 1 is 1.31 bits per heavy atom. The Morgan fingerprint density at radius 2 is 2.15 bits per heavy atom. The van der Waals surface area contributed by atoms with E-state index in [2.05, 4.69) is 25.3 Å².